The molecule has 0 atom stereocenters. The van der Waals surface area contributed by atoms with Gasteiger partial charge in [-0.05, 0) is 29.3 Å². The second kappa shape index (κ2) is 7.87. The number of carbonyl (C=O) groups excluding carboxylic acids is 1. The summed E-state index contributed by atoms with van der Waals surface area (Å²) in [6.45, 7) is 0. The van der Waals surface area contributed by atoms with Gasteiger partial charge in [0.25, 0.3) is 0 Å². The Hall–Kier alpha value is -4.40. The Bertz CT molecular complexity index is 1570. The summed E-state index contributed by atoms with van der Waals surface area (Å²) >= 11 is 1.34. The van der Waals surface area contributed by atoms with Gasteiger partial charge in [0, 0.05) is 33.7 Å². The van der Waals surface area contributed by atoms with E-state index in [1.165, 1.54) is 29.5 Å². The Morgan fingerprint density at radius 1 is 0.971 bits per heavy atom. The van der Waals surface area contributed by atoms with Gasteiger partial charge in [0.2, 0.25) is 0 Å². The van der Waals surface area contributed by atoms with Crippen molar-refractivity contribution in [2.75, 3.05) is 0 Å². The molecule has 0 saturated carbocycles. The zero-order valence-corrected chi connectivity index (χ0v) is 17.9. The van der Waals surface area contributed by atoms with Crippen molar-refractivity contribution in [3.8, 4) is 22.6 Å². The number of rotatable bonds is 2. The maximum absolute atomic E-state index is 13.0. The Kier molecular flexibility index (Phi) is 4.97. The van der Waals surface area contributed by atoms with E-state index in [1.54, 1.807) is 36.4 Å². The highest BCUT2D eigenvalue weighted by Gasteiger charge is 2.33. The van der Waals surface area contributed by atoms with Crippen molar-refractivity contribution in [2.45, 2.75) is 6.18 Å². The van der Waals surface area contributed by atoms with E-state index in [1.807, 2.05) is 12.1 Å². The third-order valence-corrected chi connectivity index (χ3v) is 6.55. The number of furan rings is 1. The Labute approximate surface area is 195 Å². The molecular formula is C26H11F3N2O2S. The molecule has 2 heterocycles. The largest absolute Gasteiger partial charge is 0.456 e. The van der Waals surface area contributed by atoms with Crippen molar-refractivity contribution >= 4 is 39.1 Å². The number of hydrogen-bond acceptors (Lipinski definition) is 5. The van der Waals surface area contributed by atoms with Crippen molar-refractivity contribution < 1.29 is 22.4 Å². The summed E-state index contributed by atoms with van der Waals surface area (Å²) in [6.07, 6.45) is -2.89. The highest BCUT2D eigenvalue weighted by molar-refractivity contribution is 7.22. The monoisotopic (exact) mass is 472 g/mol. The lowest BCUT2D eigenvalue weighted by molar-refractivity contribution is -0.137. The molecule has 1 aliphatic rings. The van der Waals surface area contributed by atoms with Gasteiger partial charge >= 0.3 is 6.18 Å². The lowest BCUT2D eigenvalue weighted by Gasteiger charge is -2.06. The molecule has 0 amide bonds. The zero-order chi connectivity index (χ0) is 24.0. The minimum absolute atomic E-state index is 0.164. The summed E-state index contributed by atoms with van der Waals surface area (Å²) in [4.78, 5) is 13.7. The number of halogens is 3. The van der Waals surface area contributed by atoms with Gasteiger partial charge in [-0.25, -0.2) is 0 Å². The molecule has 5 rings (SSSR count). The molecule has 0 fully saturated rings. The summed E-state index contributed by atoms with van der Waals surface area (Å²) in [5.74, 6) is 0.0582. The minimum atomic E-state index is -4.40. The van der Waals surface area contributed by atoms with E-state index in [9.17, 15) is 28.5 Å². The predicted octanol–water partition coefficient (Wildman–Crippen LogP) is 7.26. The van der Waals surface area contributed by atoms with Gasteiger partial charge in [-0.2, -0.15) is 23.7 Å². The molecule has 2 aromatic heterocycles. The number of thiophene rings is 1. The first-order valence-corrected chi connectivity index (χ1v) is 10.7. The summed E-state index contributed by atoms with van der Waals surface area (Å²) < 4.78 is 45.0. The number of ketones is 1. The summed E-state index contributed by atoms with van der Waals surface area (Å²) in [5.41, 5.74) is 1.66. The van der Waals surface area contributed by atoms with Crippen LogP contribution in [0.5, 0.6) is 0 Å². The number of nitrogens with zero attached hydrogens (tertiary/aromatic N) is 2. The van der Waals surface area contributed by atoms with E-state index in [2.05, 4.69) is 0 Å². The first-order valence-electron chi connectivity index (χ1n) is 9.92. The van der Waals surface area contributed by atoms with Crippen LogP contribution in [0, 0.1) is 22.7 Å². The number of allylic oxidation sites excluding steroid dienone is 3. The van der Waals surface area contributed by atoms with Crippen molar-refractivity contribution in [1.82, 2.24) is 0 Å². The predicted molar refractivity (Wildman–Crippen MR) is 121 cm³/mol. The third kappa shape index (κ3) is 3.51. The van der Waals surface area contributed by atoms with E-state index >= 15 is 0 Å². The molecule has 0 N–H and O–H groups in total. The number of hydrogen-bond donors (Lipinski definition) is 0. The molecule has 0 bridgehead atoms. The fraction of sp³-hybridized carbons (Fsp3) is 0.0385. The van der Waals surface area contributed by atoms with Gasteiger partial charge in [0.1, 0.15) is 29.1 Å². The Morgan fingerprint density at radius 3 is 2.26 bits per heavy atom. The fourth-order valence-electron chi connectivity index (χ4n) is 3.88. The van der Waals surface area contributed by atoms with Crippen molar-refractivity contribution in [3.63, 3.8) is 0 Å². The molecule has 4 nitrogen and oxygen atoms in total. The zero-order valence-electron chi connectivity index (χ0n) is 17.1. The van der Waals surface area contributed by atoms with Crippen molar-refractivity contribution in [3.05, 3.63) is 94.3 Å². The van der Waals surface area contributed by atoms with Crippen LogP contribution in [0.25, 0.3) is 32.4 Å². The van der Waals surface area contributed by atoms with Crippen LogP contribution in [0.1, 0.15) is 27.2 Å². The Morgan fingerprint density at radius 2 is 1.65 bits per heavy atom. The topological polar surface area (TPSA) is 77.8 Å². The first kappa shape index (κ1) is 21.4. The normalized spacial score (nSPS) is 14.3. The van der Waals surface area contributed by atoms with Crippen molar-refractivity contribution in [2.24, 2.45) is 0 Å². The molecule has 1 aliphatic carbocycles. The van der Waals surface area contributed by atoms with Gasteiger partial charge in [-0.15, -0.1) is 11.3 Å². The molecule has 0 radical (unpaired) electrons. The first-order chi connectivity index (χ1) is 16.3. The van der Waals surface area contributed by atoms with Crippen LogP contribution in [0.3, 0.4) is 0 Å². The fourth-order valence-corrected chi connectivity index (χ4v) is 4.91. The van der Waals surface area contributed by atoms with Crippen LogP contribution in [0.2, 0.25) is 0 Å². The quantitative estimate of drug-likeness (QED) is 0.227. The van der Waals surface area contributed by atoms with Crippen LogP contribution >= 0.6 is 11.3 Å². The molecule has 4 aromatic rings. The maximum atomic E-state index is 13.0. The number of Topliss-reactive ketones (excluding diaryl/α,β-unsaturated/α-hetero) is 1. The van der Waals surface area contributed by atoms with Crippen molar-refractivity contribution in [1.29, 1.82) is 10.5 Å². The SMILES string of the molecule is N#CC(C#N)=C1/C(=C/c2cc3sc(-c4ccc(C(F)(F)F)cc4)cc3o2)C(=O)c2ccccc21. The smallest absolute Gasteiger partial charge is 0.416 e. The van der Waals surface area contributed by atoms with Crippen LogP contribution in [0.4, 0.5) is 13.2 Å². The molecule has 0 spiro atoms. The van der Waals surface area contributed by atoms with Gasteiger partial charge in [0.15, 0.2) is 5.78 Å². The highest BCUT2D eigenvalue weighted by Crippen LogP contribution is 2.41. The second-order valence-corrected chi connectivity index (χ2v) is 8.55. The average molecular weight is 472 g/mol. The van der Waals surface area contributed by atoms with E-state index < -0.39 is 11.7 Å². The number of carbonyl (C=O) groups is 1. The number of alkyl halides is 3. The molecule has 2 aromatic carbocycles. The molecule has 8 heteroatoms. The molecule has 34 heavy (non-hydrogen) atoms. The molecule has 0 aliphatic heterocycles. The standard InChI is InChI=1S/C26H11F3N2O2S/c27-26(28,29)16-7-5-14(6-8-16)22-11-21-23(34-22)10-17(33-21)9-20-24(15(12-30)13-31)18-3-1-2-4-19(18)25(20)32/h1-11H/b20-9-. The summed E-state index contributed by atoms with van der Waals surface area (Å²) in [6, 6.07) is 18.8. The number of benzene rings is 2. The van der Waals surface area contributed by atoms with E-state index in [0.717, 1.165) is 21.7 Å². The summed E-state index contributed by atoms with van der Waals surface area (Å²) in [7, 11) is 0. The molecule has 164 valence electrons. The summed E-state index contributed by atoms with van der Waals surface area (Å²) in [5, 5.41) is 18.8. The van der Waals surface area contributed by atoms with Gasteiger partial charge in [0.05, 0.1) is 10.3 Å². The van der Waals surface area contributed by atoms with Crippen LogP contribution in [-0.4, -0.2) is 5.78 Å². The van der Waals surface area contributed by atoms with Crippen LogP contribution in [0.15, 0.2) is 76.2 Å². The van der Waals surface area contributed by atoms with E-state index in [0.29, 0.717) is 28.0 Å². The van der Waals surface area contributed by atoms with E-state index in [-0.39, 0.29) is 22.5 Å². The number of nitriles is 2. The third-order valence-electron chi connectivity index (χ3n) is 5.44. The maximum Gasteiger partial charge on any atom is 0.416 e. The average Bonchev–Trinajstić information content (AvgIpc) is 3.46. The van der Waals surface area contributed by atoms with Gasteiger partial charge < -0.3 is 4.42 Å². The number of fused-ring (bicyclic) bond motifs is 2. The van der Waals surface area contributed by atoms with Crippen LogP contribution < -0.4 is 0 Å². The second-order valence-electron chi connectivity index (χ2n) is 7.47. The minimum Gasteiger partial charge on any atom is -0.456 e. The van der Waals surface area contributed by atoms with Gasteiger partial charge in [-0.3, -0.25) is 4.79 Å². The van der Waals surface area contributed by atoms with Gasteiger partial charge in [-0.1, -0.05) is 36.4 Å². The molecule has 0 saturated heterocycles. The van der Waals surface area contributed by atoms with E-state index in [4.69, 9.17) is 4.42 Å². The molecule has 0 unspecified atom stereocenters. The lowest BCUT2D eigenvalue weighted by atomic mass is 9.99. The highest BCUT2D eigenvalue weighted by atomic mass is 32.1. The lowest BCUT2D eigenvalue weighted by Crippen LogP contribution is -2.03. The Balaban J connectivity index is 1.54. The van der Waals surface area contributed by atoms with Crippen LogP contribution in [-0.2, 0) is 6.18 Å². The molecular weight excluding hydrogens is 461 g/mol.